The smallest absolute Gasteiger partial charge is 0.262 e. The zero-order chi connectivity index (χ0) is 18.2. The van der Waals surface area contributed by atoms with Crippen molar-refractivity contribution >= 4 is 33.4 Å². The van der Waals surface area contributed by atoms with Crippen molar-refractivity contribution in [1.82, 2.24) is 5.32 Å². The predicted octanol–water partition coefficient (Wildman–Crippen LogP) is 3.27. The maximum atomic E-state index is 12.9. The van der Waals surface area contributed by atoms with Crippen molar-refractivity contribution in [3.05, 3.63) is 58.7 Å². The summed E-state index contributed by atoms with van der Waals surface area (Å²) in [5.74, 6) is 0.412. The summed E-state index contributed by atoms with van der Waals surface area (Å²) in [5, 5.41) is 2.72. The van der Waals surface area contributed by atoms with Crippen molar-refractivity contribution in [2.75, 3.05) is 10.5 Å². The summed E-state index contributed by atoms with van der Waals surface area (Å²) >= 11 is 1.50. The average Bonchev–Trinajstić information content (AvgIpc) is 2.92. The lowest BCUT2D eigenvalue weighted by Gasteiger charge is -2.15. The van der Waals surface area contributed by atoms with Gasteiger partial charge in [0.15, 0.2) is 0 Å². The zero-order valence-corrected chi connectivity index (χ0v) is 15.9. The first-order valence-electron chi connectivity index (χ1n) is 7.88. The van der Waals surface area contributed by atoms with Gasteiger partial charge in [0, 0.05) is 5.69 Å². The van der Waals surface area contributed by atoms with Gasteiger partial charge in [0.2, 0.25) is 5.91 Å². The molecule has 1 aliphatic rings. The van der Waals surface area contributed by atoms with E-state index in [1.165, 1.54) is 11.8 Å². The van der Waals surface area contributed by atoms with E-state index in [0.717, 1.165) is 22.3 Å². The van der Waals surface area contributed by atoms with Crippen molar-refractivity contribution in [3.63, 3.8) is 0 Å². The van der Waals surface area contributed by atoms with Crippen LogP contribution in [0.4, 0.5) is 5.69 Å². The molecule has 7 heteroatoms. The number of aryl methyl sites for hydroxylation is 3. The minimum Gasteiger partial charge on any atom is -0.339 e. The van der Waals surface area contributed by atoms with Gasteiger partial charge >= 0.3 is 0 Å². The Balaban J connectivity index is 1.90. The number of carbonyl (C=O) groups is 1. The molecule has 0 radical (unpaired) electrons. The highest BCUT2D eigenvalue weighted by Crippen LogP contribution is 2.32. The van der Waals surface area contributed by atoms with E-state index in [1.54, 1.807) is 32.0 Å². The summed E-state index contributed by atoms with van der Waals surface area (Å²) < 4.78 is 28.4. The Morgan fingerprint density at radius 3 is 2.40 bits per heavy atom. The van der Waals surface area contributed by atoms with Gasteiger partial charge in [0.25, 0.3) is 10.0 Å². The average molecular weight is 377 g/mol. The molecule has 2 aromatic rings. The van der Waals surface area contributed by atoms with Gasteiger partial charge in [-0.3, -0.25) is 9.52 Å². The highest BCUT2D eigenvalue weighted by Gasteiger charge is 2.24. The van der Waals surface area contributed by atoms with Gasteiger partial charge in [-0.15, -0.1) is 11.8 Å². The Labute approximate surface area is 152 Å². The van der Waals surface area contributed by atoms with Crippen LogP contribution in [0.25, 0.3) is 0 Å². The molecule has 1 atom stereocenters. The third-order valence-corrected chi connectivity index (χ3v) is 6.83. The topological polar surface area (TPSA) is 75.3 Å². The number of hydrogen-bond donors (Lipinski definition) is 2. The van der Waals surface area contributed by atoms with Gasteiger partial charge in [-0.25, -0.2) is 8.42 Å². The van der Waals surface area contributed by atoms with Crippen LogP contribution in [0, 0.1) is 20.8 Å². The van der Waals surface area contributed by atoms with Crippen molar-refractivity contribution in [3.8, 4) is 0 Å². The van der Waals surface area contributed by atoms with Crippen LogP contribution in [-0.4, -0.2) is 20.1 Å². The Bertz CT molecular complexity index is 916. The Morgan fingerprint density at radius 1 is 1.12 bits per heavy atom. The lowest BCUT2D eigenvalue weighted by Crippen LogP contribution is -2.19. The Kier molecular flexibility index (Phi) is 4.79. The van der Waals surface area contributed by atoms with Gasteiger partial charge < -0.3 is 5.32 Å². The van der Waals surface area contributed by atoms with Crippen LogP contribution in [0.1, 0.15) is 27.6 Å². The molecule has 132 valence electrons. The molecule has 0 unspecified atom stereocenters. The fourth-order valence-electron chi connectivity index (χ4n) is 3.13. The maximum Gasteiger partial charge on any atom is 0.262 e. The number of nitrogens with one attached hydrogen (secondary N) is 2. The fraction of sp³-hybridized carbons (Fsp3) is 0.278. The van der Waals surface area contributed by atoms with Crippen LogP contribution in [-0.2, 0) is 14.8 Å². The summed E-state index contributed by atoms with van der Waals surface area (Å²) in [6.07, 6.45) is 0. The van der Waals surface area contributed by atoms with E-state index in [4.69, 9.17) is 0 Å². The summed E-state index contributed by atoms with van der Waals surface area (Å²) in [4.78, 5) is 11.7. The Morgan fingerprint density at radius 2 is 1.80 bits per heavy atom. The molecule has 2 aromatic carbocycles. The largest absolute Gasteiger partial charge is 0.339 e. The first kappa shape index (κ1) is 17.8. The second kappa shape index (κ2) is 6.72. The second-order valence-corrected chi connectivity index (χ2v) is 8.93. The maximum absolute atomic E-state index is 12.9. The molecule has 1 fully saturated rings. The number of amides is 1. The summed E-state index contributed by atoms with van der Waals surface area (Å²) in [7, 11) is -3.69. The van der Waals surface area contributed by atoms with E-state index in [9.17, 15) is 13.2 Å². The number of thioether (sulfide) groups is 1. The van der Waals surface area contributed by atoms with Crippen LogP contribution in [0.3, 0.4) is 0 Å². The summed E-state index contributed by atoms with van der Waals surface area (Å²) in [6, 6.07) is 10.9. The highest BCUT2D eigenvalue weighted by atomic mass is 32.2. The first-order valence-corrected chi connectivity index (χ1v) is 10.4. The molecule has 5 nitrogen and oxygen atoms in total. The molecule has 2 N–H and O–H groups in total. The van der Waals surface area contributed by atoms with E-state index in [2.05, 4.69) is 10.0 Å². The monoisotopic (exact) mass is 376 g/mol. The van der Waals surface area contributed by atoms with Gasteiger partial charge in [-0.2, -0.15) is 0 Å². The van der Waals surface area contributed by atoms with Gasteiger partial charge in [-0.05, 0) is 49.6 Å². The minimum absolute atomic E-state index is 0.00751. The number of benzene rings is 2. The molecular weight excluding hydrogens is 356 g/mol. The normalized spacial score (nSPS) is 17.4. The molecule has 1 heterocycles. The number of anilines is 1. The molecule has 1 aliphatic heterocycles. The van der Waals surface area contributed by atoms with Gasteiger partial charge in [-0.1, -0.05) is 29.8 Å². The SMILES string of the molecule is Cc1cc(C)c(S(=O)(=O)Nc2cccc([C@H]3NC(=O)CS3)c2)c(C)c1. The molecule has 0 aliphatic carbocycles. The fourth-order valence-corrected chi connectivity index (χ4v) is 5.59. The van der Waals surface area contributed by atoms with E-state index in [0.29, 0.717) is 16.3 Å². The first-order chi connectivity index (χ1) is 11.8. The number of carbonyl (C=O) groups excluding carboxylic acids is 1. The molecule has 1 saturated heterocycles. The third kappa shape index (κ3) is 3.82. The van der Waals surface area contributed by atoms with Crippen molar-refractivity contribution in [2.24, 2.45) is 0 Å². The van der Waals surface area contributed by atoms with Crippen LogP contribution in [0.5, 0.6) is 0 Å². The highest BCUT2D eigenvalue weighted by molar-refractivity contribution is 8.00. The molecule has 3 rings (SSSR count). The number of rotatable bonds is 4. The number of hydrogen-bond acceptors (Lipinski definition) is 4. The molecule has 1 amide bonds. The lowest BCUT2D eigenvalue weighted by molar-refractivity contribution is -0.118. The standard InChI is InChI=1S/C18H20N2O3S2/c1-11-7-12(2)17(13(3)8-11)25(22,23)20-15-6-4-5-14(9-15)18-19-16(21)10-24-18/h4-9,18,20H,10H2,1-3H3,(H,19,21)/t18-/m0/s1. The summed E-state index contributed by atoms with van der Waals surface area (Å²) in [6.45, 7) is 5.55. The van der Waals surface area contributed by atoms with E-state index >= 15 is 0 Å². The van der Waals surface area contributed by atoms with Crippen molar-refractivity contribution in [2.45, 2.75) is 31.0 Å². The molecule has 0 spiro atoms. The molecule has 25 heavy (non-hydrogen) atoms. The molecular formula is C18H20N2O3S2. The van der Waals surface area contributed by atoms with Crippen molar-refractivity contribution < 1.29 is 13.2 Å². The molecule has 0 aromatic heterocycles. The zero-order valence-electron chi connectivity index (χ0n) is 14.3. The van der Waals surface area contributed by atoms with Crippen LogP contribution in [0.15, 0.2) is 41.3 Å². The van der Waals surface area contributed by atoms with Crippen LogP contribution >= 0.6 is 11.8 Å². The quantitative estimate of drug-likeness (QED) is 0.859. The molecule has 0 saturated carbocycles. The van der Waals surface area contributed by atoms with Gasteiger partial charge in [0.05, 0.1) is 10.6 Å². The predicted molar refractivity (Wildman–Crippen MR) is 101 cm³/mol. The lowest BCUT2D eigenvalue weighted by atomic mass is 10.1. The van der Waals surface area contributed by atoms with Crippen molar-refractivity contribution in [1.29, 1.82) is 0 Å². The third-order valence-electron chi connectivity index (χ3n) is 3.99. The Hall–Kier alpha value is -1.99. The second-order valence-electron chi connectivity index (χ2n) is 6.22. The van der Waals surface area contributed by atoms with E-state index in [-0.39, 0.29) is 11.3 Å². The van der Waals surface area contributed by atoms with E-state index < -0.39 is 10.0 Å². The van der Waals surface area contributed by atoms with E-state index in [1.807, 2.05) is 25.1 Å². The number of sulfonamides is 1. The van der Waals surface area contributed by atoms with Gasteiger partial charge in [0.1, 0.15) is 5.37 Å². The van der Waals surface area contributed by atoms with Crippen LogP contribution < -0.4 is 10.0 Å². The summed E-state index contributed by atoms with van der Waals surface area (Å²) in [5.41, 5.74) is 3.83. The molecule has 0 bridgehead atoms. The minimum atomic E-state index is -3.69. The van der Waals surface area contributed by atoms with Crippen LogP contribution in [0.2, 0.25) is 0 Å².